The van der Waals surface area contributed by atoms with Crippen molar-refractivity contribution in [1.82, 2.24) is 25.0 Å². The quantitative estimate of drug-likeness (QED) is 0.250. The number of nitrogens with one attached hydrogen (secondary N) is 1. The van der Waals surface area contributed by atoms with E-state index in [1.165, 1.54) is 57.4 Å². The Kier molecular flexibility index (Phi) is 10.1. The van der Waals surface area contributed by atoms with Gasteiger partial charge in [0.05, 0.1) is 17.3 Å². The molecule has 2 fully saturated rings. The van der Waals surface area contributed by atoms with E-state index in [1.54, 1.807) is 24.8 Å². The minimum absolute atomic E-state index is 0.00428. The number of aromatic nitrogens is 3. The molecule has 2 amide bonds. The fourth-order valence-corrected chi connectivity index (χ4v) is 7.99. The van der Waals surface area contributed by atoms with Crippen LogP contribution in [0.25, 0.3) is 11.0 Å². The van der Waals surface area contributed by atoms with Crippen molar-refractivity contribution in [1.29, 1.82) is 0 Å². The number of sulfonamides is 1. The molecule has 1 atom stereocenters. The standard InChI is InChI=1S/C35H41ClN6O6S/c1-40(49(2,46)47)27-12-13-31-28(19-27)30(43)20-32(48-31)33(44)39-29(18-24-8-10-26(36)11-9-24)34(45)41-16-14-35(15-17-41,21-42-23-37-22-38-42)25-6-4-3-5-7-25/h8-13,19-20,22-23,25,29H,3-7,14-18,21H2,1-2H3,(H,39,44)/t29-/m1/s1. The van der Waals surface area contributed by atoms with E-state index >= 15 is 0 Å². The minimum atomic E-state index is -3.56. The zero-order chi connectivity index (χ0) is 34.8. The highest BCUT2D eigenvalue weighted by molar-refractivity contribution is 7.92. The lowest BCUT2D eigenvalue weighted by Crippen LogP contribution is -2.54. The van der Waals surface area contributed by atoms with E-state index < -0.39 is 27.4 Å². The van der Waals surface area contributed by atoms with Gasteiger partial charge in [-0.1, -0.05) is 43.0 Å². The summed E-state index contributed by atoms with van der Waals surface area (Å²) < 4.78 is 32.8. The van der Waals surface area contributed by atoms with Crippen molar-refractivity contribution in [3.05, 3.63) is 87.8 Å². The van der Waals surface area contributed by atoms with Gasteiger partial charge in [-0.15, -0.1) is 0 Å². The maximum atomic E-state index is 14.2. The molecule has 1 aliphatic carbocycles. The minimum Gasteiger partial charge on any atom is -0.451 e. The van der Waals surface area contributed by atoms with Crippen LogP contribution < -0.4 is 15.1 Å². The number of halogens is 1. The van der Waals surface area contributed by atoms with Crippen LogP contribution in [0, 0.1) is 11.3 Å². The van der Waals surface area contributed by atoms with Crippen molar-refractivity contribution in [2.75, 3.05) is 30.7 Å². The molecule has 1 saturated carbocycles. The normalized spacial score (nSPS) is 17.5. The van der Waals surface area contributed by atoms with Crippen LogP contribution in [0.5, 0.6) is 0 Å². The average Bonchev–Trinajstić information content (AvgIpc) is 3.61. The first kappa shape index (κ1) is 34.6. The number of likely N-dealkylation sites (tertiary alicyclic amines) is 1. The summed E-state index contributed by atoms with van der Waals surface area (Å²) in [6, 6.07) is 11.6. The van der Waals surface area contributed by atoms with Crippen LogP contribution in [0.1, 0.15) is 61.1 Å². The Balaban J connectivity index is 1.23. The highest BCUT2D eigenvalue weighted by Crippen LogP contribution is 2.47. The van der Waals surface area contributed by atoms with E-state index in [-0.39, 0.29) is 40.2 Å². The second kappa shape index (κ2) is 14.3. The van der Waals surface area contributed by atoms with Crippen molar-refractivity contribution in [3.63, 3.8) is 0 Å². The molecule has 0 spiro atoms. The summed E-state index contributed by atoms with van der Waals surface area (Å²) in [5.74, 6) is -0.620. The molecule has 49 heavy (non-hydrogen) atoms. The Bertz CT molecular complexity index is 1970. The van der Waals surface area contributed by atoms with E-state index in [0.717, 1.165) is 41.6 Å². The Morgan fingerprint density at radius 3 is 2.45 bits per heavy atom. The van der Waals surface area contributed by atoms with Crippen LogP contribution in [-0.2, 0) is 27.8 Å². The van der Waals surface area contributed by atoms with E-state index in [1.807, 2.05) is 21.7 Å². The molecule has 2 aliphatic rings. The summed E-state index contributed by atoms with van der Waals surface area (Å²) in [4.78, 5) is 47.0. The largest absolute Gasteiger partial charge is 0.451 e. The molecular formula is C35H41ClN6O6S. The maximum absolute atomic E-state index is 14.2. The molecule has 0 radical (unpaired) electrons. The van der Waals surface area contributed by atoms with Crippen LogP contribution in [0.15, 0.2) is 70.4 Å². The zero-order valence-corrected chi connectivity index (χ0v) is 29.3. The molecule has 3 heterocycles. The maximum Gasteiger partial charge on any atom is 0.287 e. The van der Waals surface area contributed by atoms with Gasteiger partial charge >= 0.3 is 0 Å². The fourth-order valence-electron chi connectivity index (χ4n) is 7.37. The van der Waals surface area contributed by atoms with Gasteiger partial charge in [0, 0.05) is 44.2 Å². The molecule has 0 bridgehead atoms. The van der Waals surface area contributed by atoms with Crippen LogP contribution in [0.3, 0.4) is 0 Å². The number of amides is 2. The van der Waals surface area contributed by atoms with E-state index in [9.17, 15) is 22.8 Å². The first-order valence-corrected chi connectivity index (χ1v) is 18.8. The lowest BCUT2D eigenvalue weighted by molar-refractivity contribution is -0.136. The molecule has 1 aliphatic heterocycles. The van der Waals surface area contributed by atoms with Crippen LogP contribution in [0.4, 0.5) is 5.69 Å². The van der Waals surface area contributed by atoms with Gasteiger partial charge in [-0.3, -0.25) is 23.4 Å². The van der Waals surface area contributed by atoms with Crippen molar-refractivity contribution in [3.8, 4) is 0 Å². The van der Waals surface area contributed by atoms with Crippen LogP contribution in [0.2, 0.25) is 5.02 Å². The summed E-state index contributed by atoms with van der Waals surface area (Å²) in [5.41, 5.74) is 0.697. The van der Waals surface area contributed by atoms with Gasteiger partial charge in [0.15, 0.2) is 11.2 Å². The number of rotatable bonds is 10. The first-order chi connectivity index (χ1) is 23.4. The third kappa shape index (κ3) is 7.83. The highest BCUT2D eigenvalue weighted by atomic mass is 35.5. The highest BCUT2D eigenvalue weighted by Gasteiger charge is 2.44. The molecule has 2 aromatic heterocycles. The van der Waals surface area contributed by atoms with Gasteiger partial charge in [0.25, 0.3) is 5.91 Å². The van der Waals surface area contributed by atoms with E-state index in [0.29, 0.717) is 24.0 Å². The Labute approximate surface area is 290 Å². The molecule has 14 heteroatoms. The number of carbonyl (C=O) groups is 2. The number of anilines is 1. The lowest BCUT2D eigenvalue weighted by atomic mass is 9.63. The van der Waals surface area contributed by atoms with Crippen molar-refractivity contribution < 1.29 is 22.4 Å². The molecule has 1 N–H and O–H groups in total. The molecule has 4 aromatic rings. The number of fused-ring (bicyclic) bond motifs is 1. The number of hydrogen-bond donors (Lipinski definition) is 1. The van der Waals surface area contributed by atoms with Crippen molar-refractivity contribution in [2.45, 2.75) is 64.0 Å². The molecule has 6 rings (SSSR count). The fraction of sp³-hybridized carbons (Fsp3) is 0.457. The van der Waals surface area contributed by atoms with Gasteiger partial charge in [-0.2, -0.15) is 5.10 Å². The van der Waals surface area contributed by atoms with Crippen molar-refractivity contribution in [2.24, 2.45) is 11.3 Å². The summed E-state index contributed by atoms with van der Waals surface area (Å²) in [6.07, 6.45) is 12.3. The van der Waals surface area contributed by atoms with Gasteiger partial charge in [-0.25, -0.2) is 13.4 Å². The second-order valence-corrected chi connectivity index (χ2v) is 15.8. The van der Waals surface area contributed by atoms with Gasteiger partial charge in [0.2, 0.25) is 15.9 Å². The molecule has 1 saturated heterocycles. The van der Waals surface area contributed by atoms with Gasteiger partial charge < -0.3 is 14.6 Å². The topological polar surface area (TPSA) is 148 Å². The summed E-state index contributed by atoms with van der Waals surface area (Å²) >= 11 is 6.12. The molecular weight excluding hydrogens is 668 g/mol. The second-order valence-electron chi connectivity index (χ2n) is 13.4. The number of benzene rings is 2. The number of carbonyl (C=O) groups excluding carboxylic acids is 2. The SMILES string of the molecule is CN(c1ccc2oc(C(=O)N[C@H](Cc3ccc(Cl)cc3)C(=O)N3CCC(Cn4cncn4)(C4CCCCC4)CC3)cc(=O)c2c1)S(C)(=O)=O. The lowest BCUT2D eigenvalue weighted by Gasteiger charge is -2.48. The third-order valence-corrected chi connectivity index (χ3v) is 11.7. The van der Waals surface area contributed by atoms with Crippen LogP contribution in [-0.4, -0.2) is 72.3 Å². The van der Waals surface area contributed by atoms with Crippen molar-refractivity contribution >= 4 is 50.1 Å². The number of piperidine rings is 1. The predicted molar refractivity (Wildman–Crippen MR) is 187 cm³/mol. The zero-order valence-electron chi connectivity index (χ0n) is 27.7. The van der Waals surface area contributed by atoms with Gasteiger partial charge in [-0.05, 0) is 72.9 Å². The Morgan fingerprint density at radius 2 is 1.80 bits per heavy atom. The Morgan fingerprint density at radius 1 is 1.08 bits per heavy atom. The Hall–Kier alpha value is -4.23. The smallest absolute Gasteiger partial charge is 0.287 e. The third-order valence-electron chi connectivity index (χ3n) is 10.2. The monoisotopic (exact) mass is 708 g/mol. The first-order valence-electron chi connectivity index (χ1n) is 16.6. The van der Waals surface area contributed by atoms with E-state index in [4.69, 9.17) is 16.0 Å². The molecule has 2 aromatic carbocycles. The molecule has 0 unspecified atom stereocenters. The molecule has 260 valence electrons. The number of nitrogens with zero attached hydrogens (tertiary/aromatic N) is 5. The van der Waals surface area contributed by atoms with E-state index in [2.05, 4.69) is 15.4 Å². The average molecular weight is 709 g/mol. The summed E-state index contributed by atoms with van der Waals surface area (Å²) in [5, 5.41) is 7.94. The summed E-state index contributed by atoms with van der Waals surface area (Å²) in [6.45, 7) is 1.86. The van der Waals surface area contributed by atoms with Gasteiger partial charge in [0.1, 0.15) is 24.3 Å². The van der Waals surface area contributed by atoms with Crippen LogP contribution >= 0.6 is 11.6 Å². The molecule has 12 nitrogen and oxygen atoms in total. The number of hydrogen-bond acceptors (Lipinski definition) is 8. The summed E-state index contributed by atoms with van der Waals surface area (Å²) in [7, 11) is -2.17. The predicted octanol–water partition coefficient (Wildman–Crippen LogP) is 4.66.